The molecular formula is C16H16N2O3. The van der Waals surface area contributed by atoms with Crippen LogP contribution in [0.3, 0.4) is 0 Å². The molecule has 0 aliphatic rings. The Balaban J connectivity index is 2.01. The van der Waals surface area contributed by atoms with E-state index in [-0.39, 0.29) is 5.91 Å². The highest BCUT2D eigenvalue weighted by Gasteiger charge is 2.04. The lowest BCUT2D eigenvalue weighted by molar-refractivity contribution is 0.0955. The molecule has 0 heterocycles. The van der Waals surface area contributed by atoms with Gasteiger partial charge in [0, 0.05) is 5.56 Å². The minimum absolute atomic E-state index is 0.298. The number of hydrogen-bond acceptors (Lipinski definition) is 4. The molecule has 2 aromatic rings. The monoisotopic (exact) mass is 284 g/mol. The van der Waals surface area contributed by atoms with Crippen molar-refractivity contribution in [2.75, 3.05) is 14.2 Å². The van der Waals surface area contributed by atoms with Crippen LogP contribution in [0, 0.1) is 0 Å². The van der Waals surface area contributed by atoms with E-state index in [1.165, 1.54) is 0 Å². The van der Waals surface area contributed by atoms with Crippen molar-refractivity contribution in [2.45, 2.75) is 0 Å². The number of hydrazone groups is 1. The predicted octanol–water partition coefficient (Wildman–Crippen LogP) is 2.47. The van der Waals surface area contributed by atoms with Crippen molar-refractivity contribution in [3.05, 3.63) is 59.7 Å². The first-order valence-electron chi connectivity index (χ1n) is 6.34. The van der Waals surface area contributed by atoms with Gasteiger partial charge < -0.3 is 9.47 Å². The van der Waals surface area contributed by atoms with Crippen LogP contribution >= 0.6 is 0 Å². The second-order valence-corrected chi connectivity index (χ2v) is 4.21. The van der Waals surface area contributed by atoms with Crippen LogP contribution in [-0.4, -0.2) is 26.3 Å². The summed E-state index contributed by atoms with van der Waals surface area (Å²) in [4.78, 5) is 11.9. The van der Waals surface area contributed by atoms with Crippen LogP contribution in [0.5, 0.6) is 11.5 Å². The third-order valence-corrected chi connectivity index (χ3v) is 2.81. The molecule has 1 N–H and O–H groups in total. The first-order valence-corrected chi connectivity index (χ1v) is 6.34. The van der Waals surface area contributed by atoms with Gasteiger partial charge in [0.05, 0.1) is 20.4 Å². The van der Waals surface area contributed by atoms with Crippen LogP contribution in [-0.2, 0) is 0 Å². The van der Waals surface area contributed by atoms with Crippen LogP contribution in [0.1, 0.15) is 15.9 Å². The second kappa shape index (κ2) is 7.09. The van der Waals surface area contributed by atoms with Gasteiger partial charge in [-0.2, -0.15) is 5.10 Å². The molecule has 0 fully saturated rings. The van der Waals surface area contributed by atoms with E-state index < -0.39 is 0 Å². The van der Waals surface area contributed by atoms with Gasteiger partial charge in [0.15, 0.2) is 0 Å². The normalized spacial score (nSPS) is 10.4. The lowest BCUT2D eigenvalue weighted by Crippen LogP contribution is -2.17. The van der Waals surface area contributed by atoms with Gasteiger partial charge in [-0.3, -0.25) is 4.79 Å². The highest BCUT2D eigenvalue weighted by atomic mass is 16.5. The van der Waals surface area contributed by atoms with Crippen LogP contribution in [0.15, 0.2) is 53.6 Å². The molecule has 0 bridgehead atoms. The Labute approximate surface area is 123 Å². The molecule has 108 valence electrons. The third-order valence-electron chi connectivity index (χ3n) is 2.81. The van der Waals surface area contributed by atoms with E-state index in [1.54, 1.807) is 44.7 Å². The summed E-state index contributed by atoms with van der Waals surface area (Å²) in [5.41, 5.74) is 3.79. The topological polar surface area (TPSA) is 59.9 Å². The smallest absolute Gasteiger partial charge is 0.271 e. The fourth-order valence-corrected chi connectivity index (χ4v) is 1.72. The quantitative estimate of drug-likeness (QED) is 0.677. The number of nitrogens with one attached hydrogen (secondary N) is 1. The number of rotatable bonds is 5. The molecule has 0 saturated heterocycles. The Morgan fingerprint density at radius 1 is 1.05 bits per heavy atom. The number of methoxy groups -OCH3 is 2. The minimum Gasteiger partial charge on any atom is -0.497 e. The predicted molar refractivity (Wildman–Crippen MR) is 81.0 cm³/mol. The van der Waals surface area contributed by atoms with Gasteiger partial charge in [-0.1, -0.05) is 18.2 Å². The molecule has 2 rings (SSSR count). The molecule has 0 atom stereocenters. The van der Waals surface area contributed by atoms with E-state index in [4.69, 9.17) is 9.47 Å². The molecule has 0 spiro atoms. The van der Waals surface area contributed by atoms with Crippen LogP contribution < -0.4 is 14.9 Å². The van der Waals surface area contributed by atoms with Crippen molar-refractivity contribution in [3.8, 4) is 11.5 Å². The lowest BCUT2D eigenvalue weighted by Gasteiger charge is -2.03. The Morgan fingerprint density at radius 3 is 2.43 bits per heavy atom. The molecular weight excluding hydrogens is 268 g/mol. The summed E-state index contributed by atoms with van der Waals surface area (Å²) in [6.45, 7) is 0. The molecule has 0 unspecified atom stereocenters. The number of carbonyl (C=O) groups excluding carboxylic acids is 1. The number of hydrogen-bond donors (Lipinski definition) is 1. The van der Waals surface area contributed by atoms with Gasteiger partial charge in [0.2, 0.25) is 0 Å². The zero-order valence-corrected chi connectivity index (χ0v) is 11.9. The molecule has 5 nitrogen and oxygen atoms in total. The van der Waals surface area contributed by atoms with Crippen molar-refractivity contribution < 1.29 is 14.3 Å². The molecule has 0 radical (unpaired) electrons. The Bertz CT molecular complexity index is 653. The number of nitrogens with zero attached hydrogens (tertiary/aromatic N) is 1. The summed E-state index contributed by atoms with van der Waals surface area (Å²) < 4.78 is 10.2. The van der Waals surface area contributed by atoms with E-state index >= 15 is 0 Å². The molecule has 0 aliphatic heterocycles. The van der Waals surface area contributed by atoms with Gasteiger partial charge >= 0.3 is 0 Å². The van der Waals surface area contributed by atoms with Gasteiger partial charge in [-0.05, 0) is 35.9 Å². The first kappa shape index (κ1) is 14.6. The standard InChI is InChI=1S/C16H16N2O3/c1-20-14-7-3-5-12(9-14)11-17-18-16(19)13-6-4-8-15(10-13)21-2/h3-11H,1-2H3,(H,18,19). The highest BCUT2D eigenvalue weighted by molar-refractivity contribution is 5.95. The molecule has 2 aromatic carbocycles. The maximum atomic E-state index is 11.9. The van der Waals surface area contributed by atoms with Gasteiger partial charge in [0.25, 0.3) is 5.91 Å². The maximum absolute atomic E-state index is 11.9. The Morgan fingerprint density at radius 2 is 1.71 bits per heavy atom. The molecule has 0 aromatic heterocycles. The third kappa shape index (κ3) is 4.07. The summed E-state index contributed by atoms with van der Waals surface area (Å²) in [5.74, 6) is 1.06. The number of carbonyl (C=O) groups is 1. The molecule has 0 saturated carbocycles. The Kier molecular flexibility index (Phi) is 4.93. The highest BCUT2D eigenvalue weighted by Crippen LogP contribution is 2.12. The molecule has 1 amide bonds. The van der Waals surface area contributed by atoms with Crippen molar-refractivity contribution in [3.63, 3.8) is 0 Å². The van der Waals surface area contributed by atoms with Crippen molar-refractivity contribution >= 4 is 12.1 Å². The minimum atomic E-state index is -0.298. The number of benzene rings is 2. The van der Waals surface area contributed by atoms with Crippen molar-refractivity contribution in [2.24, 2.45) is 5.10 Å². The summed E-state index contributed by atoms with van der Waals surface area (Å²) in [7, 11) is 3.15. The maximum Gasteiger partial charge on any atom is 0.271 e. The van der Waals surface area contributed by atoms with E-state index in [2.05, 4.69) is 10.5 Å². The zero-order valence-electron chi connectivity index (χ0n) is 11.9. The van der Waals surface area contributed by atoms with Gasteiger partial charge in [-0.15, -0.1) is 0 Å². The lowest BCUT2D eigenvalue weighted by atomic mass is 10.2. The fraction of sp³-hybridized carbons (Fsp3) is 0.125. The molecule has 21 heavy (non-hydrogen) atoms. The van der Waals surface area contributed by atoms with E-state index in [9.17, 15) is 4.79 Å². The largest absolute Gasteiger partial charge is 0.497 e. The van der Waals surface area contributed by atoms with E-state index in [0.29, 0.717) is 11.3 Å². The number of amides is 1. The van der Waals surface area contributed by atoms with E-state index in [0.717, 1.165) is 11.3 Å². The summed E-state index contributed by atoms with van der Waals surface area (Å²) in [6.07, 6.45) is 1.56. The van der Waals surface area contributed by atoms with Crippen LogP contribution in [0.4, 0.5) is 0 Å². The second-order valence-electron chi connectivity index (χ2n) is 4.21. The van der Waals surface area contributed by atoms with Gasteiger partial charge in [-0.25, -0.2) is 5.43 Å². The summed E-state index contributed by atoms with van der Waals surface area (Å²) in [5, 5.41) is 3.93. The van der Waals surface area contributed by atoms with Crippen molar-refractivity contribution in [1.82, 2.24) is 5.43 Å². The fourth-order valence-electron chi connectivity index (χ4n) is 1.72. The first-order chi connectivity index (χ1) is 10.2. The van der Waals surface area contributed by atoms with Crippen molar-refractivity contribution in [1.29, 1.82) is 0 Å². The number of ether oxygens (including phenoxy) is 2. The van der Waals surface area contributed by atoms with Crippen LogP contribution in [0.25, 0.3) is 0 Å². The SMILES string of the molecule is COc1cccc(C=NNC(=O)c2cccc(OC)c2)c1. The average Bonchev–Trinajstić information content (AvgIpc) is 2.55. The van der Waals surface area contributed by atoms with E-state index in [1.807, 2.05) is 24.3 Å². The van der Waals surface area contributed by atoms with Gasteiger partial charge in [0.1, 0.15) is 11.5 Å². The zero-order chi connectivity index (χ0) is 15.1. The summed E-state index contributed by atoms with van der Waals surface area (Å²) >= 11 is 0. The molecule has 0 aliphatic carbocycles. The Hall–Kier alpha value is -2.82. The average molecular weight is 284 g/mol. The summed E-state index contributed by atoms with van der Waals surface area (Å²) in [6, 6.07) is 14.2. The van der Waals surface area contributed by atoms with Crippen LogP contribution in [0.2, 0.25) is 0 Å². The molecule has 5 heteroatoms.